The van der Waals surface area contributed by atoms with Gasteiger partial charge < -0.3 is 10.1 Å². The summed E-state index contributed by atoms with van der Waals surface area (Å²) in [7, 11) is 0. The van der Waals surface area contributed by atoms with E-state index in [1.54, 1.807) is 0 Å². The zero-order valence-electron chi connectivity index (χ0n) is 10.3. The van der Waals surface area contributed by atoms with Crippen LogP contribution in [-0.2, 0) is 4.74 Å². The highest BCUT2D eigenvalue weighted by Gasteiger charge is 2.34. The Kier molecular flexibility index (Phi) is 3.33. The van der Waals surface area contributed by atoms with E-state index in [1.165, 1.54) is 19.5 Å². The average molecular weight is 212 g/mol. The molecule has 3 heteroatoms. The van der Waals surface area contributed by atoms with Gasteiger partial charge in [0.2, 0.25) is 0 Å². The monoisotopic (exact) mass is 212 g/mol. The Morgan fingerprint density at radius 1 is 1.47 bits per heavy atom. The Morgan fingerprint density at radius 2 is 2.27 bits per heavy atom. The van der Waals surface area contributed by atoms with E-state index >= 15 is 0 Å². The highest BCUT2D eigenvalue weighted by Crippen LogP contribution is 2.24. The molecule has 2 rings (SSSR count). The fraction of sp³-hybridized carbons (Fsp3) is 1.00. The minimum atomic E-state index is 0.223. The molecule has 2 saturated heterocycles. The van der Waals surface area contributed by atoms with Crippen LogP contribution in [0.4, 0.5) is 0 Å². The van der Waals surface area contributed by atoms with Crippen LogP contribution < -0.4 is 5.32 Å². The molecule has 2 heterocycles. The summed E-state index contributed by atoms with van der Waals surface area (Å²) >= 11 is 0. The summed E-state index contributed by atoms with van der Waals surface area (Å²) in [4.78, 5) is 2.60. The van der Waals surface area contributed by atoms with Crippen molar-refractivity contribution in [3.63, 3.8) is 0 Å². The molecule has 2 aliphatic heterocycles. The van der Waals surface area contributed by atoms with Gasteiger partial charge in [-0.1, -0.05) is 0 Å². The van der Waals surface area contributed by atoms with Crippen LogP contribution in [0, 0.1) is 5.92 Å². The van der Waals surface area contributed by atoms with Crippen molar-refractivity contribution in [1.29, 1.82) is 0 Å². The van der Waals surface area contributed by atoms with Crippen molar-refractivity contribution < 1.29 is 4.74 Å². The van der Waals surface area contributed by atoms with Crippen molar-refractivity contribution in [3.05, 3.63) is 0 Å². The van der Waals surface area contributed by atoms with Gasteiger partial charge >= 0.3 is 0 Å². The maximum atomic E-state index is 5.55. The van der Waals surface area contributed by atoms with Gasteiger partial charge in [-0.25, -0.2) is 0 Å². The lowest BCUT2D eigenvalue weighted by Crippen LogP contribution is -2.55. The van der Waals surface area contributed by atoms with Gasteiger partial charge in [-0.15, -0.1) is 0 Å². The molecule has 2 fully saturated rings. The van der Waals surface area contributed by atoms with Crippen molar-refractivity contribution in [3.8, 4) is 0 Å². The van der Waals surface area contributed by atoms with Crippen LogP contribution in [0.1, 0.15) is 27.2 Å². The second-order valence-corrected chi connectivity index (χ2v) is 5.60. The van der Waals surface area contributed by atoms with Crippen LogP contribution in [-0.4, -0.2) is 49.3 Å². The molecule has 0 aliphatic carbocycles. The Hall–Kier alpha value is -0.120. The van der Waals surface area contributed by atoms with E-state index < -0.39 is 0 Å². The van der Waals surface area contributed by atoms with Crippen molar-refractivity contribution in [2.75, 3.05) is 32.8 Å². The minimum Gasteiger partial charge on any atom is -0.378 e. The number of hydrogen-bond acceptors (Lipinski definition) is 3. The van der Waals surface area contributed by atoms with E-state index in [0.717, 1.165) is 25.7 Å². The largest absolute Gasteiger partial charge is 0.378 e. The van der Waals surface area contributed by atoms with Gasteiger partial charge in [0.05, 0.1) is 13.2 Å². The summed E-state index contributed by atoms with van der Waals surface area (Å²) in [5.74, 6) is 0.822. The van der Waals surface area contributed by atoms with E-state index in [0.29, 0.717) is 6.04 Å². The topological polar surface area (TPSA) is 24.5 Å². The molecule has 15 heavy (non-hydrogen) atoms. The first-order valence-electron chi connectivity index (χ1n) is 6.16. The SMILES string of the molecule is CC1NCCC1CN1CCOCC1(C)C. The number of ether oxygens (including phenoxy) is 1. The van der Waals surface area contributed by atoms with Crippen LogP contribution in [0.3, 0.4) is 0 Å². The minimum absolute atomic E-state index is 0.223. The van der Waals surface area contributed by atoms with Crippen LogP contribution in [0.2, 0.25) is 0 Å². The molecule has 0 spiro atoms. The maximum Gasteiger partial charge on any atom is 0.0645 e. The van der Waals surface area contributed by atoms with E-state index in [1.807, 2.05) is 0 Å². The first-order valence-corrected chi connectivity index (χ1v) is 6.16. The summed E-state index contributed by atoms with van der Waals surface area (Å²) < 4.78 is 5.55. The molecule has 88 valence electrons. The Morgan fingerprint density at radius 3 is 2.87 bits per heavy atom. The summed E-state index contributed by atoms with van der Waals surface area (Å²) in [6.45, 7) is 12.2. The number of rotatable bonds is 2. The summed E-state index contributed by atoms with van der Waals surface area (Å²) in [6.07, 6.45) is 1.33. The molecule has 0 aromatic rings. The van der Waals surface area contributed by atoms with Gasteiger partial charge in [-0.3, -0.25) is 4.90 Å². The molecule has 0 amide bonds. The van der Waals surface area contributed by atoms with Gasteiger partial charge in [0.1, 0.15) is 0 Å². The number of nitrogens with zero attached hydrogens (tertiary/aromatic N) is 1. The highest BCUT2D eigenvalue weighted by molar-refractivity contribution is 4.89. The number of hydrogen-bond donors (Lipinski definition) is 1. The smallest absolute Gasteiger partial charge is 0.0645 e. The lowest BCUT2D eigenvalue weighted by Gasteiger charge is -2.43. The van der Waals surface area contributed by atoms with Gasteiger partial charge in [-0.05, 0) is 39.7 Å². The predicted octanol–water partition coefficient (Wildman–Crippen LogP) is 1.10. The molecule has 2 aliphatic rings. The Labute approximate surface area is 93.2 Å². The van der Waals surface area contributed by atoms with Crippen LogP contribution >= 0.6 is 0 Å². The third-order valence-corrected chi connectivity index (χ3v) is 3.96. The standard InChI is InChI=1S/C12H24N2O/c1-10-11(4-5-13-10)8-14-6-7-15-9-12(14,2)3/h10-11,13H,4-9H2,1-3H3. The molecule has 2 unspecified atom stereocenters. The van der Waals surface area contributed by atoms with Gasteiger partial charge in [0, 0.05) is 24.7 Å². The molecule has 2 atom stereocenters. The fourth-order valence-corrected chi connectivity index (χ4v) is 2.67. The predicted molar refractivity (Wildman–Crippen MR) is 62.0 cm³/mol. The average Bonchev–Trinajstić information content (AvgIpc) is 2.56. The van der Waals surface area contributed by atoms with Gasteiger partial charge in [0.15, 0.2) is 0 Å². The van der Waals surface area contributed by atoms with Gasteiger partial charge in [0.25, 0.3) is 0 Å². The molecule has 0 radical (unpaired) electrons. The van der Waals surface area contributed by atoms with Crippen molar-refractivity contribution >= 4 is 0 Å². The highest BCUT2D eigenvalue weighted by atomic mass is 16.5. The number of nitrogens with one attached hydrogen (secondary N) is 1. The van der Waals surface area contributed by atoms with E-state index in [-0.39, 0.29) is 5.54 Å². The van der Waals surface area contributed by atoms with Crippen LogP contribution in [0.15, 0.2) is 0 Å². The van der Waals surface area contributed by atoms with E-state index in [2.05, 4.69) is 31.0 Å². The molecule has 0 bridgehead atoms. The zero-order chi connectivity index (χ0) is 10.9. The molecule has 1 N–H and O–H groups in total. The lowest BCUT2D eigenvalue weighted by molar-refractivity contribution is -0.0574. The van der Waals surface area contributed by atoms with Crippen LogP contribution in [0.5, 0.6) is 0 Å². The fourth-order valence-electron chi connectivity index (χ4n) is 2.67. The lowest BCUT2D eigenvalue weighted by atomic mass is 9.96. The summed E-state index contributed by atoms with van der Waals surface area (Å²) in [6, 6.07) is 0.684. The molecule has 3 nitrogen and oxygen atoms in total. The third-order valence-electron chi connectivity index (χ3n) is 3.96. The first-order chi connectivity index (χ1) is 7.09. The first kappa shape index (κ1) is 11.4. The maximum absolute atomic E-state index is 5.55. The molecular formula is C12H24N2O. The molecular weight excluding hydrogens is 188 g/mol. The zero-order valence-corrected chi connectivity index (χ0v) is 10.3. The Bertz CT molecular complexity index is 218. The second-order valence-electron chi connectivity index (χ2n) is 5.60. The molecule has 0 aromatic carbocycles. The van der Waals surface area contributed by atoms with E-state index in [4.69, 9.17) is 4.74 Å². The Balaban J connectivity index is 1.92. The number of morpholine rings is 1. The van der Waals surface area contributed by atoms with E-state index in [9.17, 15) is 0 Å². The van der Waals surface area contributed by atoms with Crippen molar-refractivity contribution in [2.24, 2.45) is 5.92 Å². The van der Waals surface area contributed by atoms with Gasteiger partial charge in [-0.2, -0.15) is 0 Å². The normalized spacial score (nSPS) is 37.0. The molecule has 0 saturated carbocycles. The third kappa shape index (κ3) is 2.52. The van der Waals surface area contributed by atoms with Crippen molar-refractivity contribution in [2.45, 2.75) is 38.8 Å². The van der Waals surface area contributed by atoms with Crippen LogP contribution in [0.25, 0.3) is 0 Å². The summed E-state index contributed by atoms with van der Waals surface area (Å²) in [5, 5.41) is 3.53. The quantitative estimate of drug-likeness (QED) is 0.742. The molecule has 0 aromatic heterocycles. The second kappa shape index (κ2) is 4.40. The summed E-state index contributed by atoms with van der Waals surface area (Å²) in [5.41, 5.74) is 0.223. The van der Waals surface area contributed by atoms with Crippen molar-refractivity contribution in [1.82, 2.24) is 10.2 Å².